The lowest BCUT2D eigenvalue weighted by Gasteiger charge is -2.04. The highest BCUT2D eigenvalue weighted by Gasteiger charge is 2.16. The molecule has 1 aromatic heterocycles. The van der Waals surface area contributed by atoms with Gasteiger partial charge in [0.25, 0.3) is 5.91 Å². The molecule has 0 aliphatic carbocycles. The Morgan fingerprint density at radius 2 is 2.29 bits per heavy atom. The van der Waals surface area contributed by atoms with Crippen molar-refractivity contribution in [3.63, 3.8) is 0 Å². The Balaban J connectivity index is 2.26. The number of anilines is 1. The lowest BCUT2D eigenvalue weighted by molar-refractivity contribution is 0.102. The van der Waals surface area contributed by atoms with E-state index in [2.05, 4.69) is 26.4 Å². The standard InChI is InChI=1S/C11H8BrFN2O2/c1-6-5-9(15-17-6)14-11(16)10-7(12)3-2-4-8(10)13/h2-5H,1H3,(H,14,15,16). The van der Waals surface area contributed by atoms with E-state index in [4.69, 9.17) is 4.52 Å². The first-order valence-electron chi connectivity index (χ1n) is 4.76. The molecule has 2 rings (SSSR count). The van der Waals surface area contributed by atoms with Crippen molar-refractivity contribution < 1.29 is 13.7 Å². The van der Waals surface area contributed by atoms with Crippen LogP contribution in [0.25, 0.3) is 0 Å². The van der Waals surface area contributed by atoms with Crippen LogP contribution < -0.4 is 5.32 Å². The van der Waals surface area contributed by atoms with E-state index in [1.165, 1.54) is 12.1 Å². The van der Waals surface area contributed by atoms with Gasteiger partial charge in [0.15, 0.2) is 5.82 Å². The third-order valence-electron chi connectivity index (χ3n) is 2.06. The number of hydrogen-bond donors (Lipinski definition) is 1. The average Bonchev–Trinajstić information content (AvgIpc) is 2.63. The summed E-state index contributed by atoms with van der Waals surface area (Å²) in [5.74, 6) is -0.365. The summed E-state index contributed by atoms with van der Waals surface area (Å²) >= 11 is 3.12. The fraction of sp³-hybridized carbons (Fsp3) is 0.0909. The van der Waals surface area contributed by atoms with Crippen LogP contribution in [0, 0.1) is 12.7 Å². The molecule has 88 valence electrons. The van der Waals surface area contributed by atoms with Crippen LogP contribution in [0.5, 0.6) is 0 Å². The van der Waals surface area contributed by atoms with Crippen molar-refractivity contribution in [2.45, 2.75) is 6.92 Å². The van der Waals surface area contributed by atoms with Crippen LogP contribution >= 0.6 is 15.9 Å². The second-order valence-electron chi connectivity index (χ2n) is 3.37. The molecule has 17 heavy (non-hydrogen) atoms. The number of nitrogens with one attached hydrogen (secondary N) is 1. The highest BCUT2D eigenvalue weighted by atomic mass is 79.9. The molecule has 6 heteroatoms. The third-order valence-corrected chi connectivity index (χ3v) is 2.72. The molecular weight excluding hydrogens is 291 g/mol. The van der Waals surface area contributed by atoms with Crippen LogP contribution in [0.4, 0.5) is 10.2 Å². The van der Waals surface area contributed by atoms with Gasteiger partial charge in [0.1, 0.15) is 11.6 Å². The third kappa shape index (κ3) is 2.52. The molecule has 2 aromatic rings. The molecule has 0 spiro atoms. The minimum absolute atomic E-state index is 0.0619. The smallest absolute Gasteiger partial charge is 0.261 e. The minimum atomic E-state index is -0.600. The van der Waals surface area contributed by atoms with Crippen molar-refractivity contribution in [3.8, 4) is 0 Å². The molecule has 0 fully saturated rings. The maximum absolute atomic E-state index is 13.5. The van der Waals surface area contributed by atoms with Crippen molar-refractivity contribution in [3.05, 3.63) is 45.9 Å². The lowest BCUT2D eigenvalue weighted by atomic mass is 10.2. The van der Waals surface area contributed by atoms with Crippen LogP contribution in [0.15, 0.2) is 33.3 Å². The van der Waals surface area contributed by atoms with Gasteiger partial charge in [0.2, 0.25) is 0 Å². The summed E-state index contributed by atoms with van der Waals surface area (Å²) < 4.78 is 18.7. The molecule has 1 amide bonds. The van der Waals surface area contributed by atoms with E-state index in [0.717, 1.165) is 0 Å². The first-order valence-corrected chi connectivity index (χ1v) is 5.56. The summed E-state index contributed by atoms with van der Waals surface area (Å²) in [6.45, 7) is 1.70. The first-order chi connectivity index (χ1) is 8.08. The van der Waals surface area contributed by atoms with Gasteiger partial charge in [0, 0.05) is 10.5 Å². The minimum Gasteiger partial charge on any atom is -0.360 e. The molecule has 0 saturated heterocycles. The number of carbonyl (C=O) groups is 1. The monoisotopic (exact) mass is 298 g/mol. The van der Waals surface area contributed by atoms with E-state index in [0.29, 0.717) is 10.2 Å². The molecule has 0 bridgehead atoms. The predicted molar refractivity (Wildman–Crippen MR) is 63.3 cm³/mol. The molecule has 0 saturated carbocycles. The maximum Gasteiger partial charge on any atom is 0.261 e. The molecule has 0 atom stereocenters. The molecular formula is C11H8BrFN2O2. The van der Waals surface area contributed by atoms with Gasteiger partial charge in [-0.2, -0.15) is 0 Å². The fourth-order valence-electron chi connectivity index (χ4n) is 1.32. The van der Waals surface area contributed by atoms with E-state index in [-0.39, 0.29) is 11.4 Å². The Bertz CT molecular complexity index is 548. The number of hydrogen-bond acceptors (Lipinski definition) is 3. The molecule has 0 aliphatic heterocycles. The SMILES string of the molecule is Cc1cc(NC(=O)c2c(F)cccc2Br)no1. The van der Waals surface area contributed by atoms with E-state index in [1.54, 1.807) is 19.1 Å². The summed E-state index contributed by atoms with van der Waals surface area (Å²) in [7, 11) is 0. The van der Waals surface area contributed by atoms with Crippen molar-refractivity contribution in [2.75, 3.05) is 5.32 Å². The summed E-state index contributed by atoms with van der Waals surface area (Å²) in [5, 5.41) is 6.04. The van der Waals surface area contributed by atoms with Crippen LogP contribution in [-0.2, 0) is 0 Å². The summed E-state index contributed by atoms with van der Waals surface area (Å²) in [6, 6.07) is 5.86. The molecule has 0 aliphatic rings. The second kappa shape index (κ2) is 4.67. The van der Waals surface area contributed by atoms with E-state index >= 15 is 0 Å². The summed E-state index contributed by atoms with van der Waals surface area (Å²) in [4.78, 5) is 11.8. The normalized spacial score (nSPS) is 10.3. The molecule has 4 nitrogen and oxygen atoms in total. The predicted octanol–water partition coefficient (Wildman–Crippen LogP) is 3.14. The van der Waals surface area contributed by atoms with Gasteiger partial charge in [-0.05, 0) is 35.0 Å². The van der Waals surface area contributed by atoms with Crippen molar-refractivity contribution >= 4 is 27.7 Å². The Hall–Kier alpha value is -1.69. The Labute approximate surface area is 105 Å². The number of amides is 1. The Morgan fingerprint density at radius 1 is 1.53 bits per heavy atom. The molecule has 0 radical (unpaired) electrons. The number of halogens is 2. The van der Waals surface area contributed by atoms with E-state index < -0.39 is 11.7 Å². The van der Waals surface area contributed by atoms with Crippen molar-refractivity contribution in [1.82, 2.24) is 5.16 Å². The van der Waals surface area contributed by atoms with Crippen LogP contribution in [0.2, 0.25) is 0 Å². The number of rotatable bonds is 2. The van der Waals surface area contributed by atoms with Gasteiger partial charge in [-0.25, -0.2) is 4.39 Å². The van der Waals surface area contributed by atoms with Gasteiger partial charge < -0.3 is 9.84 Å². The molecule has 0 unspecified atom stereocenters. The number of nitrogens with zero attached hydrogens (tertiary/aromatic N) is 1. The lowest BCUT2D eigenvalue weighted by Crippen LogP contribution is -2.14. The zero-order chi connectivity index (χ0) is 12.4. The highest BCUT2D eigenvalue weighted by molar-refractivity contribution is 9.10. The summed E-state index contributed by atoms with van der Waals surface area (Å²) in [5.41, 5.74) is -0.0619. The van der Waals surface area contributed by atoms with E-state index in [9.17, 15) is 9.18 Å². The Morgan fingerprint density at radius 3 is 2.88 bits per heavy atom. The van der Waals surface area contributed by atoms with Gasteiger partial charge >= 0.3 is 0 Å². The topological polar surface area (TPSA) is 55.1 Å². The zero-order valence-corrected chi connectivity index (χ0v) is 10.4. The zero-order valence-electron chi connectivity index (χ0n) is 8.83. The molecule has 1 aromatic carbocycles. The highest BCUT2D eigenvalue weighted by Crippen LogP contribution is 2.21. The van der Waals surface area contributed by atoms with Crippen LogP contribution in [-0.4, -0.2) is 11.1 Å². The second-order valence-corrected chi connectivity index (χ2v) is 4.23. The number of aryl methyl sites for hydroxylation is 1. The number of aromatic nitrogens is 1. The van der Waals surface area contributed by atoms with Gasteiger partial charge in [-0.3, -0.25) is 4.79 Å². The molecule has 1 heterocycles. The van der Waals surface area contributed by atoms with Crippen molar-refractivity contribution in [2.24, 2.45) is 0 Å². The number of carbonyl (C=O) groups excluding carboxylic acids is 1. The first kappa shape index (κ1) is 11.8. The van der Waals surface area contributed by atoms with Crippen LogP contribution in [0.1, 0.15) is 16.1 Å². The van der Waals surface area contributed by atoms with Crippen LogP contribution in [0.3, 0.4) is 0 Å². The Kier molecular flexibility index (Phi) is 3.23. The largest absolute Gasteiger partial charge is 0.360 e. The average molecular weight is 299 g/mol. The molecule has 1 N–H and O–H groups in total. The summed E-state index contributed by atoms with van der Waals surface area (Å²) in [6.07, 6.45) is 0. The van der Waals surface area contributed by atoms with E-state index in [1.807, 2.05) is 0 Å². The van der Waals surface area contributed by atoms with Crippen molar-refractivity contribution in [1.29, 1.82) is 0 Å². The van der Waals surface area contributed by atoms with Gasteiger partial charge in [-0.15, -0.1) is 0 Å². The fourth-order valence-corrected chi connectivity index (χ4v) is 1.84. The maximum atomic E-state index is 13.5. The van der Waals surface area contributed by atoms with Gasteiger partial charge in [-0.1, -0.05) is 11.2 Å². The quantitative estimate of drug-likeness (QED) is 0.927. The van der Waals surface area contributed by atoms with Gasteiger partial charge in [0.05, 0.1) is 5.56 Å². The number of benzene rings is 1.